The molecule has 2 saturated heterocycles. The van der Waals surface area contributed by atoms with Gasteiger partial charge < -0.3 is 29.0 Å². The van der Waals surface area contributed by atoms with E-state index in [0.717, 1.165) is 50.7 Å². The summed E-state index contributed by atoms with van der Waals surface area (Å²) >= 11 is 0. The SMILES string of the molecule is CCCCOC(=O)N1CCO[C@H](CN2CCC(Nc3cc(C(F)(F)F)cn4c(C(C)C)cnc34)CC2)C1. The van der Waals surface area contributed by atoms with Crippen LogP contribution in [0.1, 0.15) is 63.6 Å². The molecule has 0 unspecified atom stereocenters. The number of nitrogens with zero attached hydrogens (tertiary/aromatic N) is 4. The van der Waals surface area contributed by atoms with Crippen LogP contribution < -0.4 is 5.32 Å². The lowest BCUT2D eigenvalue weighted by Crippen LogP contribution is -2.51. The number of carbonyl (C=O) groups is 1. The quantitative estimate of drug-likeness (QED) is 0.490. The number of nitrogens with one attached hydrogen (secondary N) is 1. The molecular formula is C26H38F3N5O3. The van der Waals surface area contributed by atoms with Crippen LogP contribution in [0.15, 0.2) is 18.5 Å². The van der Waals surface area contributed by atoms with Crippen molar-refractivity contribution in [1.82, 2.24) is 19.2 Å². The maximum atomic E-state index is 13.6. The van der Waals surface area contributed by atoms with E-state index >= 15 is 0 Å². The second kappa shape index (κ2) is 11.9. The molecule has 0 aromatic carbocycles. The molecule has 1 amide bonds. The number of fused-ring (bicyclic) bond motifs is 1. The van der Waals surface area contributed by atoms with E-state index in [9.17, 15) is 18.0 Å². The molecular weight excluding hydrogens is 487 g/mol. The lowest BCUT2D eigenvalue weighted by molar-refractivity contribution is -0.137. The lowest BCUT2D eigenvalue weighted by Gasteiger charge is -2.38. The van der Waals surface area contributed by atoms with Gasteiger partial charge in [0.25, 0.3) is 0 Å². The molecule has 206 valence electrons. The highest BCUT2D eigenvalue weighted by Crippen LogP contribution is 2.34. The van der Waals surface area contributed by atoms with E-state index in [1.807, 2.05) is 13.8 Å². The molecule has 1 N–H and O–H groups in total. The van der Waals surface area contributed by atoms with Gasteiger partial charge in [0, 0.05) is 50.3 Å². The number of ether oxygens (including phenoxy) is 2. The number of imidazole rings is 1. The van der Waals surface area contributed by atoms with Crippen molar-refractivity contribution in [3.05, 3.63) is 29.7 Å². The molecule has 0 saturated carbocycles. The minimum Gasteiger partial charge on any atom is -0.449 e. The second-order valence-electron chi connectivity index (χ2n) is 10.3. The summed E-state index contributed by atoms with van der Waals surface area (Å²) < 4.78 is 53.7. The Morgan fingerprint density at radius 1 is 1.27 bits per heavy atom. The van der Waals surface area contributed by atoms with E-state index in [0.29, 0.717) is 44.2 Å². The molecule has 11 heteroatoms. The van der Waals surface area contributed by atoms with Gasteiger partial charge in [0.2, 0.25) is 0 Å². The zero-order valence-electron chi connectivity index (χ0n) is 21.9. The lowest BCUT2D eigenvalue weighted by atomic mass is 10.0. The molecule has 8 nitrogen and oxygen atoms in total. The number of aromatic nitrogens is 2. The number of carbonyl (C=O) groups excluding carboxylic acids is 1. The molecule has 0 bridgehead atoms. The van der Waals surface area contributed by atoms with Gasteiger partial charge in [-0.25, -0.2) is 9.78 Å². The van der Waals surface area contributed by atoms with E-state index in [1.54, 1.807) is 15.5 Å². The fourth-order valence-electron chi connectivity index (χ4n) is 4.95. The van der Waals surface area contributed by atoms with E-state index in [1.165, 1.54) is 6.07 Å². The number of hydrogen-bond acceptors (Lipinski definition) is 6. The predicted molar refractivity (Wildman–Crippen MR) is 135 cm³/mol. The first-order valence-corrected chi connectivity index (χ1v) is 13.3. The van der Waals surface area contributed by atoms with Gasteiger partial charge in [0.05, 0.1) is 37.1 Å². The maximum absolute atomic E-state index is 13.6. The number of amides is 1. The van der Waals surface area contributed by atoms with Gasteiger partial charge >= 0.3 is 12.3 Å². The summed E-state index contributed by atoms with van der Waals surface area (Å²) in [6.45, 7) is 10.2. The number of rotatable bonds is 8. The van der Waals surface area contributed by atoms with Gasteiger partial charge in [-0.1, -0.05) is 27.2 Å². The average molecular weight is 526 g/mol. The Kier molecular flexibility index (Phi) is 8.84. The summed E-state index contributed by atoms with van der Waals surface area (Å²) in [5.41, 5.74) is 0.982. The average Bonchev–Trinajstić information content (AvgIpc) is 3.30. The largest absolute Gasteiger partial charge is 0.449 e. The molecule has 2 aromatic heterocycles. The minimum absolute atomic E-state index is 0.0417. The Balaban J connectivity index is 1.34. The first-order valence-electron chi connectivity index (χ1n) is 13.3. The Morgan fingerprint density at radius 2 is 2.03 bits per heavy atom. The first kappa shape index (κ1) is 27.5. The van der Waals surface area contributed by atoms with Crippen molar-refractivity contribution in [2.24, 2.45) is 0 Å². The number of likely N-dealkylation sites (tertiary alicyclic amines) is 1. The molecule has 2 aliphatic rings. The van der Waals surface area contributed by atoms with Crippen LogP contribution in [-0.2, 0) is 15.7 Å². The van der Waals surface area contributed by atoms with Gasteiger partial charge in [-0.2, -0.15) is 13.2 Å². The number of piperidine rings is 1. The van der Waals surface area contributed by atoms with E-state index in [2.05, 4.69) is 22.1 Å². The molecule has 0 radical (unpaired) electrons. The van der Waals surface area contributed by atoms with Crippen LogP contribution >= 0.6 is 0 Å². The van der Waals surface area contributed by atoms with Crippen molar-refractivity contribution in [2.75, 3.05) is 51.3 Å². The normalized spacial score (nSPS) is 20.1. The van der Waals surface area contributed by atoms with Crippen molar-refractivity contribution in [1.29, 1.82) is 0 Å². The third kappa shape index (κ3) is 6.87. The second-order valence-corrected chi connectivity index (χ2v) is 10.3. The van der Waals surface area contributed by atoms with Crippen LogP contribution in [0, 0.1) is 0 Å². The number of morpholine rings is 1. The summed E-state index contributed by atoms with van der Waals surface area (Å²) in [4.78, 5) is 20.7. The summed E-state index contributed by atoms with van der Waals surface area (Å²) in [7, 11) is 0. The highest BCUT2D eigenvalue weighted by atomic mass is 19.4. The third-order valence-electron chi connectivity index (χ3n) is 7.08. The fourth-order valence-corrected chi connectivity index (χ4v) is 4.95. The number of anilines is 1. The summed E-state index contributed by atoms with van der Waals surface area (Å²) in [5.74, 6) is 0.0469. The molecule has 0 aliphatic carbocycles. The van der Waals surface area contributed by atoms with Gasteiger partial charge in [-0.3, -0.25) is 0 Å². The van der Waals surface area contributed by atoms with Gasteiger partial charge in [-0.15, -0.1) is 0 Å². The number of pyridine rings is 1. The molecule has 1 atom stereocenters. The Hall–Kier alpha value is -2.53. The van der Waals surface area contributed by atoms with E-state index in [-0.39, 0.29) is 24.2 Å². The first-order chi connectivity index (χ1) is 17.7. The van der Waals surface area contributed by atoms with Crippen LogP contribution in [0.4, 0.5) is 23.7 Å². The zero-order chi connectivity index (χ0) is 26.6. The van der Waals surface area contributed by atoms with E-state index < -0.39 is 11.7 Å². The number of unbranched alkanes of at least 4 members (excludes halogenated alkanes) is 1. The number of hydrogen-bond donors (Lipinski definition) is 1. The van der Waals surface area contributed by atoms with Crippen LogP contribution in [0.25, 0.3) is 5.65 Å². The van der Waals surface area contributed by atoms with Crippen LogP contribution in [0.3, 0.4) is 0 Å². The topological polar surface area (TPSA) is 71.3 Å². The highest BCUT2D eigenvalue weighted by molar-refractivity contribution is 5.70. The third-order valence-corrected chi connectivity index (χ3v) is 7.08. The fraction of sp³-hybridized carbons (Fsp3) is 0.692. The standard InChI is InChI=1S/C26H38F3N5O3/c1-4-5-11-37-25(35)33-10-12-36-21(17-33)16-32-8-6-20(7-9-32)31-22-13-19(26(27,28)29)15-34-23(18(2)3)14-30-24(22)34/h13-15,18,20-21,31H,4-12,16-17H2,1-3H3/t21-/m1/s1. The molecule has 0 spiro atoms. The molecule has 2 aliphatic heterocycles. The van der Waals surface area contributed by atoms with Crippen molar-refractivity contribution < 1.29 is 27.4 Å². The Bertz CT molecular complexity index is 1050. The van der Waals surface area contributed by atoms with Crippen molar-refractivity contribution in [2.45, 2.75) is 70.7 Å². The molecule has 4 rings (SSSR count). The van der Waals surface area contributed by atoms with Crippen LogP contribution in [-0.4, -0.2) is 83.4 Å². The van der Waals surface area contributed by atoms with Crippen molar-refractivity contribution in [3.8, 4) is 0 Å². The summed E-state index contributed by atoms with van der Waals surface area (Å²) in [6.07, 6.45) is 1.39. The van der Waals surface area contributed by atoms with Crippen LogP contribution in [0.2, 0.25) is 0 Å². The predicted octanol–water partition coefficient (Wildman–Crippen LogP) is 4.99. The summed E-state index contributed by atoms with van der Waals surface area (Å²) in [5, 5.41) is 3.35. The summed E-state index contributed by atoms with van der Waals surface area (Å²) in [6, 6.07) is 1.21. The minimum atomic E-state index is -4.44. The maximum Gasteiger partial charge on any atom is 0.417 e. The molecule has 2 fully saturated rings. The molecule has 37 heavy (non-hydrogen) atoms. The molecule has 4 heterocycles. The molecule has 2 aromatic rings. The zero-order valence-corrected chi connectivity index (χ0v) is 21.9. The van der Waals surface area contributed by atoms with Crippen LogP contribution in [0.5, 0.6) is 0 Å². The van der Waals surface area contributed by atoms with Crippen molar-refractivity contribution >= 4 is 17.4 Å². The smallest absolute Gasteiger partial charge is 0.417 e. The Morgan fingerprint density at radius 3 is 2.70 bits per heavy atom. The van der Waals surface area contributed by atoms with Gasteiger partial charge in [0.15, 0.2) is 5.65 Å². The number of halogens is 3. The Labute approximate surface area is 216 Å². The van der Waals surface area contributed by atoms with Gasteiger partial charge in [0.1, 0.15) is 0 Å². The monoisotopic (exact) mass is 525 g/mol. The van der Waals surface area contributed by atoms with Crippen molar-refractivity contribution in [3.63, 3.8) is 0 Å². The number of alkyl halides is 3. The van der Waals surface area contributed by atoms with Gasteiger partial charge in [-0.05, 0) is 31.2 Å². The van der Waals surface area contributed by atoms with E-state index in [4.69, 9.17) is 9.47 Å². The highest BCUT2D eigenvalue weighted by Gasteiger charge is 2.33.